The van der Waals surface area contributed by atoms with E-state index < -0.39 is 79.1 Å². The van der Waals surface area contributed by atoms with Crippen LogP contribution in [0.25, 0.3) is 0 Å². The van der Waals surface area contributed by atoms with Crippen LogP contribution in [0.5, 0.6) is 0 Å². The highest BCUT2D eigenvalue weighted by Crippen LogP contribution is 2.63. The molecule has 1 unspecified atom stereocenters. The fourth-order valence-electron chi connectivity index (χ4n) is 2.52. The van der Waals surface area contributed by atoms with E-state index in [1.807, 2.05) is 0 Å². The molecule has 0 spiro atoms. The van der Waals surface area contributed by atoms with Gasteiger partial charge in [0, 0.05) is 25.9 Å². The van der Waals surface area contributed by atoms with E-state index in [-0.39, 0.29) is 6.42 Å². The van der Waals surface area contributed by atoms with Crippen LogP contribution in [-0.2, 0) is 4.79 Å². The molecule has 0 aliphatic heterocycles. The number of halogens is 16. The van der Waals surface area contributed by atoms with Gasteiger partial charge in [0.25, 0.3) is 0 Å². The van der Waals surface area contributed by atoms with Crippen LogP contribution in [0, 0.1) is 5.92 Å². The SMILES string of the molecule is CCC(C)C(=O)N(C)CCCC(F)(F)C(F)(F)C(F)(F)C(F)(F)C(F)(F)C(F)(F)C(F)(F)C(F)F. The van der Waals surface area contributed by atoms with E-state index in [1.54, 1.807) is 0 Å². The number of hydrogen-bond donors (Lipinski definition) is 0. The van der Waals surface area contributed by atoms with Gasteiger partial charge in [-0.15, -0.1) is 0 Å². The first-order chi connectivity index (χ1) is 15.2. The zero-order valence-corrected chi connectivity index (χ0v) is 17.9. The number of hydrogen-bond acceptors (Lipinski definition) is 1. The van der Waals surface area contributed by atoms with Gasteiger partial charge in [-0.25, -0.2) is 8.78 Å². The number of amides is 1. The monoisotopic (exact) mass is 557 g/mol. The Morgan fingerprint density at radius 2 is 1.09 bits per heavy atom. The molecule has 18 heteroatoms. The molecule has 0 fully saturated rings. The van der Waals surface area contributed by atoms with Crippen molar-refractivity contribution < 1.29 is 75.0 Å². The summed E-state index contributed by atoms with van der Waals surface area (Å²) in [5.74, 6) is -55.8. The van der Waals surface area contributed by atoms with Gasteiger partial charge in [0.1, 0.15) is 0 Å². The van der Waals surface area contributed by atoms with Crippen molar-refractivity contribution in [1.29, 1.82) is 0 Å². The van der Waals surface area contributed by atoms with Gasteiger partial charge in [-0.2, -0.15) is 61.5 Å². The summed E-state index contributed by atoms with van der Waals surface area (Å²) in [6.45, 7) is 2.02. The predicted octanol–water partition coefficient (Wildman–Crippen LogP) is 6.98. The average molecular weight is 557 g/mol. The number of rotatable bonds is 13. The smallest absolute Gasteiger partial charge is 0.346 e. The first kappa shape index (κ1) is 33.4. The lowest BCUT2D eigenvalue weighted by Crippen LogP contribution is -2.73. The van der Waals surface area contributed by atoms with Crippen LogP contribution in [0.1, 0.15) is 33.1 Å². The van der Waals surface area contributed by atoms with Crippen molar-refractivity contribution in [2.75, 3.05) is 13.6 Å². The summed E-state index contributed by atoms with van der Waals surface area (Å²) in [6.07, 6.45) is -9.45. The number of carbonyl (C=O) groups is 1. The molecule has 0 bridgehead atoms. The minimum absolute atomic E-state index is 0.224. The van der Waals surface area contributed by atoms with Crippen LogP contribution >= 0.6 is 0 Å². The molecule has 0 aromatic rings. The van der Waals surface area contributed by atoms with Crippen molar-refractivity contribution in [3.05, 3.63) is 0 Å². The van der Waals surface area contributed by atoms with Crippen LogP contribution in [0.4, 0.5) is 70.2 Å². The Balaban J connectivity index is 6.08. The normalized spacial score (nSPS) is 16.0. The fourth-order valence-corrected chi connectivity index (χ4v) is 2.52. The van der Waals surface area contributed by atoms with Crippen LogP contribution in [0.15, 0.2) is 0 Å². The van der Waals surface area contributed by atoms with E-state index in [0.29, 0.717) is 4.90 Å². The Labute approximate surface area is 187 Å². The molecule has 0 N–H and O–H groups in total. The van der Waals surface area contributed by atoms with E-state index in [9.17, 15) is 75.0 Å². The van der Waals surface area contributed by atoms with E-state index in [1.165, 1.54) is 13.8 Å². The zero-order chi connectivity index (χ0) is 28.6. The van der Waals surface area contributed by atoms with E-state index in [4.69, 9.17) is 0 Å². The molecule has 0 aromatic carbocycles. The molecule has 0 radical (unpaired) electrons. The lowest BCUT2D eigenvalue weighted by molar-refractivity contribution is -0.447. The fraction of sp³-hybridized carbons (Fsp3) is 0.941. The number of nitrogens with zero attached hydrogens (tertiary/aromatic N) is 1. The molecule has 0 rings (SSSR count). The molecule has 0 aliphatic carbocycles. The molecule has 2 nitrogen and oxygen atoms in total. The lowest BCUT2D eigenvalue weighted by atomic mass is 9.88. The third-order valence-corrected chi connectivity index (χ3v) is 5.12. The van der Waals surface area contributed by atoms with Gasteiger partial charge in [-0.1, -0.05) is 13.8 Å². The predicted molar refractivity (Wildman–Crippen MR) is 87.0 cm³/mol. The second-order valence-corrected chi connectivity index (χ2v) is 7.67. The number of carbonyl (C=O) groups excluding carboxylic acids is 1. The minimum Gasteiger partial charge on any atom is -0.346 e. The van der Waals surface area contributed by atoms with E-state index in [2.05, 4.69) is 0 Å². The molecule has 0 saturated carbocycles. The topological polar surface area (TPSA) is 20.3 Å². The molecule has 1 amide bonds. The van der Waals surface area contributed by atoms with Crippen LogP contribution < -0.4 is 0 Å². The minimum atomic E-state index is -8.39. The van der Waals surface area contributed by atoms with Gasteiger partial charge in [-0.3, -0.25) is 4.79 Å². The first-order valence-electron chi connectivity index (χ1n) is 9.40. The Bertz CT molecular complexity index is 736. The summed E-state index contributed by atoms with van der Waals surface area (Å²) in [6, 6.07) is 0. The summed E-state index contributed by atoms with van der Waals surface area (Å²) >= 11 is 0. The van der Waals surface area contributed by atoms with Crippen LogP contribution in [-0.4, -0.2) is 72.3 Å². The highest BCUT2D eigenvalue weighted by Gasteiger charge is 2.93. The quantitative estimate of drug-likeness (QED) is 0.224. The van der Waals surface area contributed by atoms with Crippen molar-refractivity contribution in [1.82, 2.24) is 4.90 Å². The van der Waals surface area contributed by atoms with Crippen molar-refractivity contribution in [2.24, 2.45) is 5.92 Å². The van der Waals surface area contributed by atoms with Gasteiger partial charge in [-0.05, 0) is 12.8 Å². The third-order valence-electron chi connectivity index (χ3n) is 5.12. The van der Waals surface area contributed by atoms with E-state index >= 15 is 0 Å². The Hall–Kier alpha value is -1.65. The molecule has 210 valence electrons. The van der Waals surface area contributed by atoms with Crippen molar-refractivity contribution >= 4 is 5.91 Å². The maximum absolute atomic E-state index is 13.8. The summed E-state index contributed by atoms with van der Waals surface area (Å²) in [5, 5.41) is 0. The van der Waals surface area contributed by atoms with E-state index in [0.717, 1.165) is 7.05 Å². The lowest BCUT2D eigenvalue weighted by Gasteiger charge is -2.42. The molecule has 35 heavy (non-hydrogen) atoms. The van der Waals surface area contributed by atoms with Gasteiger partial charge >= 0.3 is 47.9 Å². The highest BCUT2D eigenvalue weighted by molar-refractivity contribution is 5.78. The van der Waals surface area contributed by atoms with Crippen LogP contribution in [0.3, 0.4) is 0 Å². The van der Waals surface area contributed by atoms with Gasteiger partial charge < -0.3 is 4.90 Å². The maximum Gasteiger partial charge on any atom is 0.384 e. The molecular weight excluding hydrogens is 538 g/mol. The molecule has 0 aromatic heterocycles. The highest BCUT2D eigenvalue weighted by atomic mass is 19.4. The Morgan fingerprint density at radius 3 is 1.46 bits per heavy atom. The largest absolute Gasteiger partial charge is 0.384 e. The molecule has 0 heterocycles. The molecule has 1 atom stereocenters. The standard InChI is InChI=1S/C17H19F16NO/c1-4-8(2)9(35)34(3)7-5-6-11(20,21)13(24,25)15(28,29)17(32,33)16(30,31)14(26,27)12(22,23)10(18)19/h8,10H,4-7H2,1-3H3. The molecule has 0 aliphatic rings. The van der Waals surface area contributed by atoms with Gasteiger partial charge in [0.15, 0.2) is 0 Å². The Morgan fingerprint density at radius 1 is 0.714 bits per heavy atom. The summed E-state index contributed by atoms with van der Waals surface area (Å²) in [7, 11) is 0.958. The average Bonchev–Trinajstić information content (AvgIpc) is 2.71. The first-order valence-corrected chi connectivity index (χ1v) is 9.40. The van der Waals surface area contributed by atoms with Crippen molar-refractivity contribution in [2.45, 2.75) is 81.0 Å². The Kier molecular flexibility index (Phi) is 9.54. The second kappa shape index (κ2) is 10.0. The summed E-state index contributed by atoms with van der Waals surface area (Å²) in [5.41, 5.74) is 0. The summed E-state index contributed by atoms with van der Waals surface area (Å²) in [4.78, 5) is 12.4. The second-order valence-electron chi connectivity index (χ2n) is 7.67. The molecule has 0 saturated heterocycles. The summed E-state index contributed by atoms with van der Waals surface area (Å²) < 4.78 is 212. The molecular formula is C17H19F16NO. The van der Waals surface area contributed by atoms with Gasteiger partial charge in [0.2, 0.25) is 5.91 Å². The maximum atomic E-state index is 13.8. The van der Waals surface area contributed by atoms with Gasteiger partial charge in [0.05, 0.1) is 0 Å². The van der Waals surface area contributed by atoms with Crippen molar-refractivity contribution in [3.63, 3.8) is 0 Å². The zero-order valence-electron chi connectivity index (χ0n) is 17.9. The van der Waals surface area contributed by atoms with Crippen LogP contribution in [0.2, 0.25) is 0 Å². The third kappa shape index (κ3) is 5.25. The number of alkyl halides is 16. The van der Waals surface area contributed by atoms with Crippen molar-refractivity contribution in [3.8, 4) is 0 Å².